The van der Waals surface area contributed by atoms with Crippen molar-refractivity contribution in [1.29, 1.82) is 0 Å². The van der Waals surface area contributed by atoms with E-state index < -0.39 is 0 Å². The van der Waals surface area contributed by atoms with Crippen LogP contribution in [-0.2, 0) is 0 Å². The molecule has 0 bridgehead atoms. The Kier molecular flexibility index (Phi) is 5.60. The van der Waals surface area contributed by atoms with Crippen LogP contribution in [0.5, 0.6) is 0 Å². The minimum atomic E-state index is 0.786. The summed E-state index contributed by atoms with van der Waals surface area (Å²) >= 11 is 6.47. The van der Waals surface area contributed by atoms with Crippen molar-refractivity contribution < 1.29 is 0 Å². The maximum atomic E-state index is 6.47. The summed E-state index contributed by atoms with van der Waals surface area (Å²) in [4.78, 5) is 2.39. The molecule has 0 unspecified atom stereocenters. The maximum Gasteiger partial charge on any atom is 0.0660 e. The molecule has 3 rings (SSSR count). The zero-order valence-electron chi connectivity index (χ0n) is 13.3. The molecule has 2 aromatic carbocycles. The van der Waals surface area contributed by atoms with Crippen LogP contribution in [0.4, 0.5) is 11.4 Å². The Bertz CT molecular complexity index is 646. The second-order valence-electron chi connectivity index (χ2n) is 5.91. The van der Waals surface area contributed by atoms with Gasteiger partial charge in [-0.25, -0.2) is 0 Å². The number of hydrogen-bond donors (Lipinski definition) is 1. The van der Waals surface area contributed by atoms with Crippen LogP contribution in [0.1, 0.15) is 24.8 Å². The van der Waals surface area contributed by atoms with Gasteiger partial charge in [0.25, 0.3) is 0 Å². The first-order chi connectivity index (χ1) is 11.3. The third-order valence-electron chi connectivity index (χ3n) is 4.18. The van der Waals surface area contributed by atoms with E-state index in [9.17, 15) is 0 Å². The van der Waals surface area contributed by atoms with Crippen LogP contribution in [-0.4, -0.2) is 19.6 Å². The highest BCUT2D eigenvalue weighted by atomic mass is 35.5. The number of rotatable bonds is 5. The molecule has 1 aliphatic rings. The summed E-state index contributed by atoms with van der Waals surface area (Å²) in [6, 6.07) is 16.6. The van der Waals surface area contributed by atoms with Gasteiger partial charge in [0.05, 0.1) is 10.7 Å². The molecule has 1 fully saturated rings. The lowest BCUT2D eigenvalue weighted by molar-refractivity contribution is 0.578. The number of halogens is 1. The van der Waals surface area contributed by atoms with Gasteiger partial charge in [-0.15, -0.1) is 0 Å². The van der Waals surface area contributed by atoms with E-state index in [4.69, 9.17) is 11.6 Å². The summed E-state index contributed by atoms with van der Waals surface area (Å²) in [5, 5.41) is 4.23. The van der Waals surface area contributed by atoms with E-state index in [2.05, 4.69) is 46.6 Å². The van der Waals surface area contributed by atoms with Gasteiger partial charge in [-0.1, -0.05) is 54.1 Å². The van der Waals surface area contributed by atoms with Crippen molar-refractivity contribution in [3.8, 4) is 0 Å². The van der Waals surface area contributed by atoms with Gasteiger partial charge in [-0.3, -0.25) is 0 Å². The average molecular weight is 327 g/mol. The lowest BCUT2D eigenvalue weighted by Crippen LogP contribution is -2.29. The maximum absolute atomic E-state index is 6.47. The van der Waals surface area contributed by atoms with Gasteiger partial charge >= 0.3 is 0 Å². The molecule has 1 N–H and O–H groups in total. The highest BCUT2D eigenvalue weighted by molar-refractivity contribution is 6.33. The molecule has 0 aliphatic carbocycles. The van der Waals surface area contributed by atoms with E-state index in [0.717, 1.165) is 36.0 Å². The molecule has 0 spiro atoms. The van der Waals surface area contributed by atoms with Crippen molar-refractivity contribution in [2.24, 2.45) is 0 Å². The van der Waals surface area contributed by atoms with E-state index >= 15 is 0 Å². The van der Waals surface area contributed by atoms with Crippen LogP contribution in [0.3, 0.4) is 0 Å². The van der Waals surface area contributed by atoms with Gasteiger partial charge < -0.3 is 10.2 Å². The first kappa shape index (κ1) is 15.9. The molecule has 1 heterocycles. The fraction of sp³-hybridized carbons (Fsp3) is 0.300. The van der Waals surface area contributed by atoms with Crippen LogP contribution in [0.2, 0.25) is 5.02 Å². The molecule has 2 nitrogen and oxygen atoms in total. The Morgan fingerprint density at radius 3 is 2.52 bits per heavy atom. The normalized spacial score (nSPS) is 15.1. The second-order valence-corrected chi connectivity index (χ2v) is 6.32. The fourth-order valence-electron chi connectivity index (χ4n) is 2.94. The third kappa shape index (κ3) is 4.52. The molecular weight excluding hydrogens is 304 g/mol. The summed E-state index contributed by atoms with van der Waals surface area (Å²) in [5.74, 6) is 0. The molecule has 1 saturated heterocycles. The SMILES string of the molecule is Clc1cc(NC/C=C/c2ccccc2)ccc1N1CCCCC1. The lowest BCUT2D eigenvalue weighted by Gasteiger charge is -2.29. The van der Waals surface area contributed by atoms with E-state index in [1.807, 2.05) is 24.3 Å². The molecule has 2 aromatic rings. The van der Waals surface area contributed by atoms with Crippen LogP contribution in [0.25, 0.3) is 6.08 Å². The molecule has 3 heteroatoms. The average Bonchev–Trinajstić information content (AvgIpc) is 2.60. The quantitative estimate of drug-likeness (QED) is 0.785. The highest BCUT2D eigenvalue weighted by Gasteiger charge is 2.13. The molecule has 0 amide bonds. The first-order valence-corrected chi connectivity index (χ1v) is 8.71. The monoisotopic (exact) mass is 326 g/mol. The lowest BCUT2D eigenvalue weighted by atomic mass is 10.1. The number of benzene rings is 2. The van der Waals surface area contributed by atoms with Crippen LogP contribution in [0.15, 0.2) is 54.6 Å². The summed E-state index contributed by atoms with van der Waals surface area (Å²) in [5.41, 5.74) is 3.44. The van der Waals surface area contributed by atoms with Crippen LogP contribution >= 0.6 is 11.6 Å². The predicted octanol–water partition coefficient (Wildman–Crippen LogP) is 5.46. The largest absolute Gasteiger partial charge is 0.382 e. The summed E-state index contributed by atoms with van der Waals surface area (Å²) in [7, 11) is 0. The van der Waals surface area contributed by atoms with Crippen LogP contribution < -0.4 is 10.2 Å². The Labute approximate surface area is 143 Å². The molecule has 0 aromatic heterocycles. The van der Waals surface area contributed by atoms with Gasteiger partial charge in [0.1, 0.15) is 0 Å². The predicted molar refractivity (Wildman–Crippen MR) is 101 cm³/mol. The number of hydrogen-bond acceptors (Lipinski definition) is 2. The topological polar surface area (TPSA) is 15.3 Å². The first-order valence-electron chi connectivity index (χ1n) is 8.33. The van der Waals surface area contributed by atoms with Gasteiger partial charge in [-0.2, -0.15) is 0 Å². The van der Waals surface area contributed by atoms with Gasteiger partial charge in [0.15, 0.2) is 0 Å². The minimum absolute atomic E-state index is 0.786. The van der Waals surface area contributed by atoms with Gasteiger partial charge in [0.2, 0.25) is 0 Å². The Morgan fingerprint density at radius 2 is 1.78 bits per heavy atom. The van der Waals surface area contributed by atoms with Crippen LogP contribution in [0, 0.1) is 0 Å². The molecular formula is C20H23ClN2. The van der Waals surface area contributed by atoms with E-state index in [1.165, 1.54) is 24.8 Å². The van der Waals surface area contributed by atoms with E-state index in [0.29, 0.717) is 0 Å². The number of nitrogens with zero attached hydrogens (tertiary/aromatic N) is 1. The standard InChI is InChI=1S/C20H23ClN2/c21-19-16-18(11-12-20(19)23-14-5-2-6-15-23)22-13-7-10-17-8-3-1-4-9-17/h1,3-4,7-12,16,22H,2,5-6,13-15H2/b10-7+. The fourth-order valence-corrected chi connectivity index (χ4v) is 3.24. The van der Waals surface area contributed by atoms with Gasteiger partial charge in [-0.05, 0) is 43.0 Å². The molecule has 0 saturated carbocycles. The highest BCUT2D eigenvalue weighted by Crippen LogP contribution is 2.30. The Balaban J connectivity index is 1.56. The van der Waals surface area contributed by atoms with E-state index in [1.54, 1.807) is 0 Å². The van der Waals surface area contributed by atoms with Crippen molar-refractivity contribution in [2.75, 3.05) is 29.9 Å². The Morgan fingerprint density at radius 1 is 1.00 bits per heavy atom. The van der Waals surface area contributed by atoms with Crippen molar-refractivity contribution in [2.45, 2.75) is 19.3 Å². The summed E-state index contributed by atoms with van der Waals surface area (Å²) in [6.07, 6.45) is 8.11. The summed E-state index contributed by atoms with van der Waals surface area (Å²) in [6.45, 7) is 3.02. The minimum Gasteiger partial charge on any atom is -0.382 e. The number of anilines is 2. The van der Waals surface area contributed by atoms with Crippen molar-refractivity contribution >= 4 is 29.1 Å². The zero-order chi connectivity index (χ0) is 15.9. The molecule has 1 aliphatic heterocycles. The third-order valence-corrected chi connectivity index (χ3v) is 4.48. The van der Waals surface area contributed by atoms with Gasteiger partial charge in [0, 0.05) is 25.3 Å². The van der Waals surface area contributed by atoms with Crippen molar-refractivity contribution in [3.63, 3.8) is 0 Å². The smallest absolute Gasteiger partial charge is 0.0660 e. The van der Waals surface area contributed by atoms with Crippen molar-refractivity contribution in [1.82, 2.24) is 0 Å². The zero-order valence-corrected chi connectivity index (χ0v) is 14.1. The molecule has 0 radical (unpaired) electrons. The van der Waals surface area contributed by atoms with Crippen molar-refractivity contribution in [3.05, 3.63) is 65.2 Å². The second kappa shape index (κ2) is 8.07. The molecule has 0 atom stereocenters. The number of nitrogens with one attached hydrogen (secondary N) is 1. The summed E-state index contributed by atoms with van der Waals surface area (Å²) < 4.78 is 0. The molecule has 120 valence electrons. The molecule has 23 heavy (non-hydrogen) atoms. The Hall–Kier alpha value is -1.93. The number of piperidine rings is 1. The van der Waals surface area contributed by atoms with E-state index in [-0.39, 0.29) is 0 Å².